The molecule has 214 valence electrons. The zero-order valence-electron chi connectivity index (χ0n) is 21.6. The number of rotatable bonds is 11. The van der Waals surface area contributed by atoms with Crippen LogP contribution in [0.2, 0.25) is 0 Å². The lowest BCUT2D eigenvalue weighted by Gasteiger charge is -2.49. The Labute approximate surface area is 245 Å². The van der Waals surface area contributed by atoms with E-state index in [2.05, 4.69) is 24.8 Å². The second-order valence-corrected chi connectivity index (χ2v) is 11.8. The van der Waals surface area contributed by atoms with Gasteiger partial charge in [-0.3, -0.25) is 14.5 Å². The van der Waals surface area contributed by atoms with Gasteiger partial charge < -0.3 is 24.4 Å². The summed E-state index contributed by atoms with van der Waals surface area (Å²) >= 11 is 5.26. The van der Waals surface area contributed by atoms with Gasteiger partial charge in [-0.1, -0.05) is 16.9 Å². The third kappa shape index (κ3) is 6.73. The Morgan fingerprint density at radius 1 is 1.32 bits per heavy atom. The maximum Gasteiger partial charge on any atom is 0.511 e. The molecule has 0 aromatic carbocycles. The summed E-state index contributed by atoms with van der Waals surface area (Å²) in [7, 11) is 1.30. The van der Waals surface area contributed by atoms with Crippen molar-refractivity contribution < 1.29 is 38.2 Å². The van der Waals surface area contributed by atoms with Crippen LogP contribution in [-0.2, 0) is 33.4 Å². The molecule has 2 aromatic heterocycles. The van der Waals surface area contributed by atoms with Crippen LogP contribution >= 0.6 is 46.4 Å². The Bertz CT molecular complexity index is 1330. The lowest BCUT2D eigenvalue weighted by atomic mass is 10.0. The highest BCUT2D eigenvalue weighted by molar-refractivity contribution is 8.01. The molecule has 14 nitrogen and oxygen atoms in total. The molecule has 1 N–H and O–H groups in total. The van der Waals surface area contributed by atoms with Crippen molar-refractivity contribution in [2.24, 2.45) is 5.16 Å². The topological polar surface area (TPSA) is 172 Å². The van der Waals surface area contributed by atoms with Crippen LogP contribution in [0.15, 0.2) is 31.7 Å². The number of aryl methyl sites for hydroxylation is 1. The van der Waals surface area contributed by atoms with E-state index in [9.17, 15) is 19.2 Å². The van der Waals surface area contributed by atoms with Crippen molar-refractivity contribution >= 4 is 76.0 Å². The molecule has 2 amide bonds. The van der Waals surface area contributed by atoms with Crippen molar-refractivity contribution in [1.82, 2.24) is 24.6 Å². The van der Waals surface area contributed by atoms with E-state index < -0.39 is 41.6 Å². The van der Waals surface area contributed by atoms with Gasteiger partial charge in [-0.2, -0.15) is 4.37 Å². The first-order chi connectivity index (χ1) is 19.2. The third-order valence-corrected chi connectivity index (χ3v) is 9.21. The monoisotopic (exact) mass is 628 g/mol. The zero-order valence-corrected chi connectivity index (χ0v) is 24.9. The van der Waals surface area contributed by atoms with Gasteiger partial charge in [0.25, 0.3) is 11.8 Å². The number of esters is 1. The van der Waals surface area contributed by atoms with Gasteiger partial charge in [0.15, 0.2) is 10.1 Å². The zero-order chi connectivity index (χ0) is 28.8. The van der Waals surface area contributed by atoms with Gasteiger partial charge in [-0.05, 0) is 31.0 Å². The Balaban J connectivity index is 1.53. The maximum absolute atomic E-state index is 13.3. The van der Waals surface area contributed by atoms with Crippen LogP contribution in [0.3, 0.4) is 0 Å². The van der Waals surface area contributed by atoms with Crippen LogP contribution in [0.4, 0.5) is 4.79 Å². The van der Waals surface area contributed by atoms with Gasteiger partial charge in [-0.15, -0.1) is 23.1 Å². The molecule has 1 saturated heterocycles. The Morgan fingerprint density at radius 2 is 2.12 bits per heavy atom. The summed E-state index contributed by atoms with van der Waals surface area (Å²) in [6.07, 6.45) is -2.27. The Kier molecular flexibility index (Phi) is 9.99. The summed E-state index contributed by atoms with van der Waals surface area (Å²) in [6.45, 7) is 4.83. The minimum atomic E-state index is -1.27. The van der Waals surface area contributed by atoms with E-state index in [1.54, 1.807) is 24.7 Å². The minimum Gasteiger partial charge on any atom is -0.435 e. The first kappa shape index (κ1) is 29.8. The molecule has 2 aliphatic heterocycles. The van der Waals surface area contributed by atoms with Crippen molar-refractivity contribution in [2.75, 3.05) is 25.2 Å². The highest BCUT2D eigenvalue weighted by Gasteiger charge is 2.55. The molecule has 0 saturated carbocycles. The molecular formula is C22H24N6O8S4. The third-order valence-electron chi connectivity index (χ3n) is 5.28. The number of amides is 2. The second-order valence-electron chi connectivity index (χ2n) is 7.98. The van der Waals surface area contributed by atoms with E-state index in [1.807, 2.05) is 0 Å². The molecule has 2 aromatic rings. The molecule has 3 atom stereocenters. The summed E-state index contributed by atoms with van der Waals surface area (Å²) in [5.74, 6) is -0.678. The number of aromatic nitrogens is 3. The van der Waals surface area contributed by atoms with Crippen molar-refractivity contribution in [3.63, 3.8) is 0 Å². The molecule has 0 spiro atoms. The van der Waals surface area contributed by atoms with Crippen LogP contribution in [0.5, 0.6) is 0 Å². The number of β-lactam (4-membered cyclic amide) rings is 1. The standard InChI is InChI=1S/C22H24N6O8S4/c1-5-34-22(32)36-11(3)35-20(31)16-12(7-39-21-24-10(2)27-40-21)6-38-19-15(18(30)28(16)19)25-17(29)14(26-33-4)13-8-37-9-23-13/h8-9,11,15,19H,5-7H2,1-4H3,(H,25,29)/b26-14-/t11?,15?,19-/m1/s1. The van der Waals surface area contributed by atoms with E-state index in [1.165, 1.54) is 65.3 Å². The van der Waals surface area contributed by atoms with E-state index in [0.29, 0.717) is 32.9 Å². The van der Waals surface area contributed by atoms with Gasteiger partial charge in [0.1, 0.15) is 35.7 Å². The number of nitrogens with one attached hydrogen (secondary N) is 1. The number of carbonyl (C=O) groups excluding carboxylic acids is 4. The average Bonchev–Trinajstić information content (AvgIpc) is 3.60. The summed E-state index contributed by atoms with van der Waals surface area (Å²) in [4.78, 5) is 65.7. The van der Waals surface area contributed by atoms with Crippen LogP contribution in [0.25, 0.3) is 0 Å². The average molecular weight is 629 g/mol. The van der Waals surface area contributed by atoms with Crippen molar-refractivity contribution in [3.8, 4) is 0 Å². The van der Waals surface area contributed by atoms with Crippen LogP contribution in [-0.4, -0.2) is 91.8 Å². The van der Waals surface area contributed by atoms with Gasteiger partial charge in [0.2, 0.25) is 6.29 Å². The number of hydrogen-bond donors (Lipinski definition) is 1. The van der Waals surface area contributed by atoms with Crippen LogP contribution < -0.4 is 5.32 Å². The normalized spacial score (nSPS) is 19.4. The van der Waals surface area contributed by atoms with E-state index >= 15 is 0 Å². The van der Waals surface area contributed by atoms with Crippen molar-refractivity contribution in [3.05, 3.63) is 33.7 Å². The fourth-order valence-electron chi connectivity index (χ4n) is 3.62. The quantitative estimate of drug-likeness (QED) is 0.0959. The van der Waals surface area contributed by atoms with Gasteiger partial charge in [-0.25, -0.2) is 19.6 Å². The van der Waals surface area contributed by atoms with Crippen LogP contribution in [0.1, 0.15) is 25.4 Å². The van der Waals surface area contributed by atoms with E-state index in [-0.39, 0.29) is 18.0 Å². The number of oxime groups is 1. The fraction of sp³-hybridized carbons (Fsp3) is 0.455. The predicted molar refractivity (Wildman–Crippen MR) is 147 cm³/mol. The Morgan fingerprint density at radius 3 is 2.77 bits per heavy atom. The fourth-order valence-corrected chi connectivity index (χ4v) is 7.29. The first-order valence-corrected chi connectivity index (χ1v) is 15.4. The van der Waals surface area contributed by atoms with Gasteiger partial charge in [0.05, 0.1) is 12.1 Å². The summed E-state index contributed by atoms with van der Waals surface area (Å²) in [6, 6.07) is -0.936. The number of thioether (sulfide) groups is 2. The highest BCUT2D eigenvalue weighted by Crippen LogP contribution is 2.42. The SMILES string of the molecule is CCOC(=O)OC(C)OC(=O)C1=C(CSc2nc(C)ns2)CS[C@@H]2C(NC(=O)/C(=N\OC)c3cscn3)C(=O)N12. The predicted octanol–water partition coefficient (Wildman–Crippen LogP) is 2.16. The number of fused-ring (bicyclic) bond motifs is 1. The molecule has 4 rings (SSSR count). The smallest absolute Gasteiger partial charge is 0.435 e. The maximum atomic E-state index is 13.3. The van der Waals surface area contributed by atoms with Crippen molar-refractivity contribution in [2.45, 2.75) is 42.8 Å². The lowest BCUT2D eigenvalue weighted by molar-refractivity contribution is -0.168. The number of thiazole rings is 1. The number of nitrogens with zero attached hydrogens (tertiary/aromatic N) is 5. The molecule has 0 radical (unpaired) electrons. The molecule has 0 bridgehead atoms. The van der Waals surface area contributed by atoms with Gasteiger partial charge >= 0.3 is 12.1 Å². The highest BCUT2D eigenvalue weighted by atomic mass is 32.2. The van der Waals surface area contributed by atoms with E-state index in [0.717, 1.165) is 0 Å². The number of hydrogen-bond acceptors (Lipinski definition) is 16. The van der Waals surface area contributed by atoms with E-state index in [4.69, 9.17) is 19.0 Å². The van der Waals surface area contributed by atoms with Crippen LogP contribution in [0, 0.1) is 6.92 Å². The molecule has 1 fully saturated rings. The lowest BCUT2D eigenvalue weighted by Crippen LogP contribution is -2.71. The second kappa shape index (κ2) is 13.4. The molecule has 4 heterocycles. The number of ether oxygens (including phenoxy) is 3. The summed E-state index contributed by atoms with van der Waals surface area (Å²) in [5, 5.41) is 7.47. The summed E-state index contributed by atoms with van der Waals surface area (Å²) in [5.41, 5.74) is 2.40. The molecule has 40 heavy (non-hydrogen) atoms. The largest absolute Gasteiger partial charge is 0.511 e. The molecule has 2 unspecified atom stereocenters. The first-order valence-electron chi connectivity index (χ1n) is 11.7. The van der Waals surface area contributed by atoms with Gasteiger partial charge in [0, 0.05) is 23.8 Å². The summed E-state index contributed by atoms with van der Waals surface area (Å²) < 4.78 is 19.9. The molecular weight excluding hydrogens is 605 g/mol. The number of carbonyl (C=O) groups is 4. The Hall–Kier alpha value is -3.22. The molecule has 18 heteroatoms. The minimum absolute atomic E-state index is 0.0255. The molecule has 0 aliphatic carbocycles. The van der Waals surface area contributed by atoms with Crippen molar-refractivity contribution in [1.29, 1.82) is 0 Å². The molecule has 2 aliphatic rings.